The summed E-state index contributed by atoms with van der Waals surface area (Å²) < 4.78 is 0. The third-order valence-electron chi connectivity index (χ3n) is 3.89. The average Bonchev–Trinajstić information content (AvgIpc) is 2.95. The van der Waals surface area contributed by atoms with Crippen molar-refractivity contribution in [2.45, 2.75) is 53.4 Å². The number of thiophene rings is 2. The molecule has 0 N–H and O–H groups in total. The first-order chi connectivity index (χ1) is 9.40. The molecule has 2 aromatic heterocycles. The highest BCUT2D eigenvalue weighted by molar-refractivity contribution is 7.23. The van der Waals surface area contributed by atoms with Crippen LogP contribution in [0.4, 0.5) is 0 Å². The lowest BCUT2D eigenvalue weighted by Crippen LogP contribution is -1.85. The highest BCUT2D eigenvalue weighted by Gasteiger charge is 2.30. The monoisotopic (exact) mass is 302 g/mol. The fourth-order valence-corrected chi connectivity index (χ4v) is 5.28. The van der Waals surface area contributed by atoms with Crippen LogP contribution >= 0.6 is 22.7 Å². The van der Waals surface area contributed by atoms with Crippen LogP contribution in [0.25, 0.3) is 15.3 Å². The van der Waals surface area contributed by atoms with Gasteiger partial charge in [-0.05, 0) is 43.4 Å². The summed E-state index contributed by atoms with van der Waals surface area (Å²) in [6.07, 6.45) is 0. The zero-order valence-corrected chi connectivity index (χ0v) is 14.8. The molecule has 0 radical (unpaired) electrons. The predicted molar refractivity (Wildman–Crippen MR) is 93.2 cm³/mol. The van der Waals surface area contributed by atoms with Crippen LogP contribution in [-0.4, -0.2) is 0 Å². The molecule has 0 atom stereocenters. The summed E-state index contributed by atoms with van der Waals surface area (Å²) in [5.41, 5.74) is 5.89. The molecule has 0 aromatic carbocycles. The van der Waals surface area contributed by atoms with Crippen molar-refractivity contribution in [1.82, 2.24) is 0 Å². The lowest BCUT2D eigenvalue weighted by atomic mass is 10.00. The van der Waals surface area contributed by atoms with Crippen molar-refractivity contribution in [3.8, 4) is 9.75 Å². The SMILES string of the molecule is CC(C)=C1c2cc(C(C)C)sc2-c2sc(C(C)C)cc21. The van der Waals surface area contributed by atoms with E-state index in [0.29, 0.717) is 11.8 Å². The van der Waals surface area contributed by atoms with E-state index in [1.807, 2.05) is 22.7 Å². The van der Waals surface area contributed by atoms with Gasteiger partial charge in [0.05, 0.1) is 9.75 Å². The second kappa shape index (κ2) is 4.85. The van der Waals surface area contributed by atoms with Crippen molar-refractivity contribution >= 4 is 28.2 Å². The van der Waals surface area contributed by atoms with E-state index < -0.39 is 0 Å². The molecule has 106 valence electrons. The Hall–Kier alpha value is -0.860. The molecule has 2 heteroatoms. The van der Waals surface area contributed by atoms with Gasteiger partial charge in [-0.3, -0.25) is 0 Å². The summed E-state index contributed by atoms with van der Waals surface area (Å²) in [5.74, 6) is 1.24. The summed E-state index contributed by atoms with van der Waals surface area (Å²) in [5, 5.41) is 0. The van der Waals surface area contributed by atoms with E-state index in [1.165, 1.54) is 41.8 Å². The smallest absolute Gasteiger partial charge is 0.0530 e. The van der Waals surface area contributed by atoms with E-state index in [-0.39, 0.29) is 0 Å². The molecule has 0 spiro atoms. The molecule has 1 aliphatic carbocycles. The number of hydrogen-bond acceptors (Lipinski definition) is 2. The van der Waals surface area contributed by atoms with Crippen LogP contribution in [0.2, 0.25) is 0 Å². The summed E-state index contributed by atoms with van der Waals surface area (Å²) >= 11 is 3.99. The van der Waals surface area contributed by atoms with E-state index in [9.17, 15) is 0 Å². The van der Waals surface area contributed by atoms with E-state index in [0.717, 1.165) is 0 Å². The molecule has 2 heterocycles. The normalized spacial score (nSPS) is 13.3. The topological polar surface area (TPSA) is 0 Å². The Morgan fingerprint density at radius 2 is 1.20 bits per heavy atom. The molecule has 1 aliphatic rings. The number of fused-ring (bicyclic) bond motifs is 3. The van der Waals surface area contributed by atoms with Gasteiger partial charge in [0.2, 0.25) is 0 Å². The minimum absolute atomic E-state index is 0.622. The van der Waals surface area contributed by atoms with E-state index in [4.69, 9.17) is 0 Å². The molecule has 0 unspecified atom stereocenters. The third-order valence-corrected chi connectivity index (χ3v) is 6.92. The first-order valence-corrected chi connectivity index (χ1v) is 8.99. The molecule has 0 amide bonds. The van der Waals surface area contributed by atoms with Crippen molar-refractivity contribution in [3.63, 3.8) is 0 Å². The maximum Gasteiger partial charge on any atom is 0.0530 e. The van der Waals surface area contributed by atoms with E-state index in [1.54, 1.807) is 0 Å². The van der Waals surface area contributed by atoms with Crippen LogP contribution in [0.1, 0.15) is 74.3 Å². The molecule has 0 bridgehead atoms. The molecule has 3 rings (SSSR count). The Balaban J connectivity index is 2.25. The quantitative estimate of drug-likeness (QED) is 0.484. The van der Waals surface area contributed by atoms with Crippen LogP contribution < -0.4 is 0 Å². The number of rotatable bonds is 2. The Labute approximate surface area is 130 Å². The van der Waals surface area contributed by atoms with Crippen LogP contribution in [0.5, 0.6) is 0 Å². The number of hydrogen-bond donors (Lipinski definition) is 0. The predicted octanol–water partition coefficient (Wildman–Crippen LogP) is 6.88. The number of allylic oxidation sites excluding steroid dienone is 1. The second-order valence-electron chi connectivity index (χ2n) is 6.47. The van der Waals surface area contributed by atoms with Gasteiger partial charge in [-0.25, -0.2) is 0 Å². The average molecular weight is 303 g/mol. The van der Waals surface area contributed by atoms with Crippen molar-refractivity contribution < 1.29 is 0 Å². The van der Waals surface area contributed by atoms with Gasteiger partial charge in [0.1, 0.15) is 0 Å². The summed E-state index contributed by atoms with van der Waals surface area (Å²) in [7, 11) is 0. The van der Waals surface area contributed by atoms with Crippen LogP contribution in [0.3, 0.4) is 0 Å². The van der Waals surface area contributed by atoms with Gasteiger partial charge < -0.3 is 0 Å². The fraction of sp³-hybridized carbons (Fsp3) is 0.444. The lowest BCUT2D eigenvalue weighted by molar-refractivity contribution is 0.889. The Morgan fingerprint density at radius 1 is 0.800 bits per heavy atom. The summed E-state index contributed by atoms with van der Waals surface area (Å²) in [6.45, 7) is 13.6. The minimum Gasteiger partial charge on any atom is -0.138 e. The largest absolute Gasteiger partial charge is 0.138 e. The molecular weight excluding hydrogens is 280 g/mol. The van der Waals surface area contributed by atoms with Crippen molar-refractivity contribution in [1.29, 1.82) is 0 Å². The van der Waals surface area contributed by atoms with Crippen LogP contribution in [0.15, 0.2) is 17.7 Å². The van der Waals surface area contributed by atoms with Gasteiger partial charge in [-0.2, -0.15) is 0 Å². The first-order valence-electron chi connectivity index (χ1n) is 7.36. The van der Waals surface area contributed by atoms with Gasteiger partial charge in [0, 0.05) is 20.9 Å². The molecular formula is C18H22S2. The second-order valence-corrected chi connectivity index (χ2v) is 8.64. The molecule has 0 saturated heterocycles. The highest BCUT2D eigenvalue weighted by atomic mass is 32.1. The molecule has 0 aliphatic heterocycles. The maximum atomic E-state index is 2.43. The summed E-state index contributed by atoms with van der Waals surface area (Å²) in [4.78, 5) is 6.05. The van der Waals surface area contributed by atoms with Gasteiger partial charge in [0.15, 0.2) is 0 Å². The van der Waals surface area contributed by atoms with Gasteiger partial charge in [0.25, 0.3) is 0 Å². The van der Waals surface area contributed by atoms with E-state index >= 15 is 0 Å². The Morgan fingerprint density at radius 3 is 1.50 bits per heavy atom. The van der Waals surface area contributed by atoms with Crippen molar-refractivity contribution in [3.05, 3.63) is 38.6 Å². The third kappa shape index (κ3) is 2.01. The van der Waals surface area contributed by atoms with Gasteiger partial charge in [-0.15, -0.1) is 22.7 Å². The summed E-state index contributed by atoms with van der Waals surface area (Å²) in [6, 6.07) is 4.85. The van der Waals surface area contributed by atoms with Crippen molar-refractivity contribution in [2.24, 2.45) is 0 Å². The Kier molecular flexibility index (Phi) is 3.42. The van der Waals surface area contributed by atoms with Gasteiger partial charge in [-0.1, -0.05) is 33.3 Å². The first kappa shape index (κ1) is 14.1. The molecule has 20 heavy (non-hydrogen) atoms. The molecule has 2 aromatic rings. The minimum atomic E-state index is 0.622. The lowest BCUT2D eigenvalue weighted by Gasteiger charge is -2.04. The maximum absolute atomic E-state index is 2.43. The highest BCUT2D eigenvalue weighted by Crippen LogP contribution is 2.54. The van der Waals surface area contributed by atoms with Crippen LogP contribution in [-0.2, 0) is 0 Å². The van der Waals surface area contributed by atoms with E-state index in [2.05, 4.69) is 53.7 Å². The van der Waals surface area contributed by atoms with Crippen molar-refractivity contribution in [2.75, 3.05) is 0 Å². The standard InChI is InChI=1S/C18H22S2/c1-9(2)14-7-12-16(11(5)6)13-8-15(10(3)4)20-18(13)17(12)19-14/h7-10H,1-6H3. The zero-order chi connectivity index (χ0) is 14.6. The zero-order valence-electron chi connectivity index (χ0n) is 13.1. The van der Waals surface area contributed by atoms with Crippen LogP contribution in [0, 0.1) is 0 Å². The molecule has 0 fully saturated rings. The molecule has 0 saturated carbocycles. The van der Waals surface area contributed by atoms with Gasteiger partial charge >= 0.3 is 0 Å². The Bertz CT molecular complexity index is 635. The molecule has 0 nitrogen and oxygen atoms in total. The fourth-order valence-electron chi connectivity index (χ4n) is 2.78.